The molecule has 0 radical (unpaired) electrons. The first kappa shape index (κ1) is 14.7. The first-order chi connectivity index (χ1) is 7.85. The maximum atomic E-state index is 12.2. The fourth-order valence-corrected chi connectivity index (χ4v) is 2.86. The SMILES string of the molecule is Cc1ccc(Br)cc1C(=O)NC(C)(C)CCBr. The molecule has 0 atom stereocenters. The number of halogens is 2. The Morgan fingerprint density at radius 2 is 2.06 bits per heavy atom. The number of carbonyl (C=O) groups is 1. The molecule has 0 saturated carbocycles. The summed E-state index contributed by atoms with van der Waals surface area (Å²) in [5.74, 6) is -0.0187. The number of benzene rings is 1. The number of amides is 1. The van der Waals surface area contributed by atoms with E-state index in [1.807, 2.05) is 39.0 Å². The van der Waals surface area contributed by atoms with Gasteiger partial charge in [-0.25, -0.2) is 0 Å². The van der Waals surface area contributed by atoms with Gasteiger partial charge in [0.05, 0.1) is 0 Å². The molecule has 0 aliphatic rings. The minimum Gasteiger partial charge on any atom is -0.347 e. The molecule has 0 aliphatic carbocycles. The zero-order chi connectivity index (χ0) is 13.1. The van der Waals surface area contributed by atoms with Crippen molar-refractivity contribution in [2.75, 3.05) is 5.33 Å². The summed E-state index contributed by atoms with van der Waals surface area (Å²) in [6.45, 7) is 6.00. The third-order valence-electron chi connectivity index (χ3n) is 2.62. The van der Waals surface area contributed by atoms with Crippen molar-refractivity contribution < 1.29 is 4.79 Å². The van der Waals surface area contributed by atoms with E-state index >= 15 is 0 Å². The van der Waals surface area contributed by atoms with Gasteiger partial charge in [0, 0.05) is 20.9 Å². The van der Waals surface area contributed by atoms with Gasteiger partial charge >= 0.3 is 0 Å². The molecular formula is C13H17Br2NO. The molecule has 17 heavy (non-hydrogen) atoms. The van der Waals surface area contributed by atoms with Crippen LogP contribution < -0.4 is 5.32 Å². The minimum atomic E-state index is -0.199. The number of nitrogens with one attached hydrogen (secondary N) is 1. The molecule has 4 heteroatoms. The average molecular weight is 363 g/mol. The summed E-state index contributed by atoms with van der Waals surface area (Å²) >= 11 is 6.79. The Labute approximate surface area is 119 Å². The summed E-state index contributed by atoms with van der Waals surface area (Å²) in [5, 5.41) is 3.92. The largest absolute Gasteiger partial charge is 0.347 e. The molecular weight excluding hydrogens is 346 g/mol. The van der Waals surface area contributed by atoms with E-state index in [1.165, 1.54) is 0 Å². The van der Waals surface area contributed by atoms with Crippen molar-refractivity contribution in [3.63, 3.8) is 0 Å². The maximum absolute atomic E-state index is 12.2. The smallest absolute Gasteiger partial charge is 0.251 e. The number of aryl methyl sites for hydroxylation is 1. The first-order valence-electron chi connectivity index (χ1n) is 5.50. The van der Waals surface area contributed by atoms with Crippen LogP contribution in [0.4, 0.5) is 0 Å². The molecule has 0 bridgehead atoms. The fraction of sp³-hybridized carbons (Fsp3) is 0.462. The van der Waals surface area contributed by atoms with Crippen molar-refractivity contribution in [1.29, 1.82) is 0 Å². The molecule has 1 aromatic carbocycles. The molecule has 0 saturated heterocycles. The van der Waals surface area contributed by atoms with E-state index in [-0.39, 0.29) is 11.4 Å². The standard InChI is InChI=1S/C13H17Br2NO/c1-9-4-5-10(15)8-11(9)12(17)16-13(2,3)6-7-14/h4-5,8H,6-7H2,1-3H3,(H,16,17). The highest BCUT2D eigenvalue weighted by Crippen LogP contribution is 2.18. The zero-order valence-electron chi connectivity index (χ0n) is 10.3. The third kappa shape index (κ3) is 4.43. The third-order valence-corrected chi connectivity index (χ3v) is 3.51. The van der Waals surface area contributed by atoms with Crippen LogP contribution in [0.25, 0.3) is 0 Å². The molecule has 94 valence electrons. The predicted molar refractivity (Wildman–Crippen MR) is 78.8 cm³/mol. The fourth-order valence-electron chi connectivity index (χ4n) is 1.51. The minimum absolute atomic E-state index is 0.0187. The van der Waals surface area contributed by atoms with E-state index in [4.69, 9.17) is 0 Å². The van der Waals surface area contributed by atoms with E-state index in [9.17, 15) is 4.79 Å². The van der Waals surface area contributed by atoms with Gasteiger partial charge in [0.2, 0.25) is 0 Å². The van der Waals surface area contributed by atoms with Crippen molar-refractivity contribution in [2.24, 2.45) is 0 Å². The van der Waals surface area contributed by atoms with Gasteiger partial charge in [-0.3, -0.25) is 4.79 Å². The van der Waals surface area contributed by atoms with Gasteiger partial charge in [0.1, 0.15) is 0 Å². The normalized spacial score (nSPS) is 11.4. The topological polar surface area (TPSA) is 29.1 Å². The molecule has 0 aliphatic heterocycles. The number of rotatable bonds is 4. The molecule has 1 aromatic rings. The lowest BCUT2D eigenvalue weighted by Crippen LogP contribution is -2.43. The number of alkyl halides is 1. The highest BCUT2D eigenvalue weighted by Gasteiger charge is 2.21. The monoisotopic (exact) mass is 361 g/mol. The van der Waals surface area contributed by atoms with Crippen LogP contribution in [-0.2, 0) is 0 Å². The van der Waals surface area contributed by atoms with Crippen molar-refractivity contribution in [3.05, 3.63) is 33.8 Å². The summed E-state index contributed by atoms with van der Waals surface area (Å²) < 4.78 is 0.923. The van der Waals surface area contributed by atoms with Crippen LogP contribution in [0.15, 0.2) is 22.7 Å². The summed E-state index contributed by atoms with van der Waals surface area (Å²) in [5.41, 5.74) is 1.51. The van der Waals surface area contributed by atoms with Crippen LogP contribution in [0.5, 0.6) is 0 Å². The second kappa shape index (κ2) is 6.01. The van der Waals surface area contributed by atoms with Gasteiger partial charge < -0.3 is 5.32 Å². The number of hydrogen-bond acceptors (Lipinski definition) is 1. The quantitative estimate of drug-likeness (QED) is 0.804. The summed E-state index contributed by atoms with van der Waals surface area (Å²) in [7, 11) is 0. The van der Waals surface area contributed by atoms with Crippen LogP contribution in [-0.4, -0.2) is 16.8 Å². The summed E-state index contributed by atoms with van der Waals surface area (Å²) in [4.78, 5) is 12.2. The van der Waals surface area contributed by atoms with Gasteiger partial charge in [0.15, 0.2) is 0 Å². The second-order valence-corrected chi connectivity index (χ2v) is 6.44. The number of carbonyl (C=O) groups excluding carboxylic acids is 1. The molecule has 0 fully saturated rings. The summed E-state index contributed by atoms with van der Waals surface area (Å²) in [6.07, 6.45) is 0.895. The summed E-state index contributed by atoms with van der Waals surface area (Å²) in [6, 6.07) is 5.74. The van der Waals surface area contributed by atoms with Gasteiger partial charge in [-0.05, 0) is 44.9 Å². The lowest BCUT2D eigenvalue weighted by atomic mass is 10.0. The van der Waals surface area contributed by atoms with Crippen molar-refractivity contribution in [1.82, 2.24) is 5.32 Å². The van der Waals surface area contributed by atoms with E-state index in [0.29, 0.717) is 0 Å². The first-order valence-corrected chi connectivity index (χ1v) is 7.42. The molecule has 2 nitrogen and oxygen atoms in total. The Hall–Kier alpha value is -0.350. The second-order valence-electron chi connectivity index (χ2n) is 4.74. The Morgan fingerprint density at radius 1 is 1.41 bits per heavy atom. The van der Waals surface area contributed by atoms with Crippen molar-refractivity contribution in [3.8, 4) is 0 Å². The van der Waals surface area contributed by atoms with Gasteiger partial charge in [-0.15, -0.1) is 0 Å². The molecule has 0 heterocycles. The van der Waals surface area contributed by atoms with Crippen molar-refractivity contribution in [2.45, 2.75) is 32.7 Å². The molecule has 1 rings (SSSR count). The maximum Gasteiger partial charge on any atom is 0.251 e. The van der Waals surface area contributed by atoms with Crippen LogP contribution in [0.2, 0.25) is 0 Å². The highest BCUT2D eigenvalue weighted by molar-refractivity contribution is 9.10. The average Bonchev–Trinajstić information content (AvgIpc) is 2.20. The van der Waals surface area contributed by atoms with Crippen molar-refractivity contribution >= 4 is 37.8 Å². The molecule has 0 spiro atoms. The Bertz CT molecular complexity index is 416. The van der Waals surface area contributed by atoms with Crippen LogP contribution in [0, 0.1) is 6.92 Å². The van der Waals surface area contributed by atoms with E-state index in [2.05, 4.69) is 37.2 Å². The van der Waals surface area contributed by atoms with E-state index in [1.54, 1.807) is 0 Å². The van der Waals surface area contributed by atoms with E-state index in [0.717, 1.165) is 27.4 Å². The van der Waals surface area contributed by atoms with Crippen LogP contribution in [0.3, 0.4) is 0 Å². The lowest BCUT2D eigenvalue weighted by Gasteiger charge is -2.25. The lowest BCUT2D eigenvalue weighted by molar-refractivity contribution is 0.0911. The molecule has 0 aromatic heterocycles. The Morgan fingerprint density at radius 3 is 2.65 bits per heavy atom. The van der Waals surface area contributed by atoms with Crippen LogP contribution in [0.1, 0.15) is 36.2 Å². The van der Waals surface area contributed by atoms with Gasteiger partial charge in [-0.2, -0.15) is 0 Å². The Kier molecular flexibility index (Phi) is 5.20. The molecule has 1 N–H and O–H groups in total. The van der Waals surface area contributed by atoms with E-state index < -0.39 is 0 Å². The zero-order valence-corrected chi connectivity index (χ0v) is 13.5. The number of hydrogen-bond donors (Lipinski definition) is 1. The predicted octanol–water partition coefficient (Wildman–Crippen LogP) is 4.05. The molecule has 1 amide bonds. The highest BCUT2D eigenvalue weighted by atomic mass is 79.9. The van der Waals surface area contributed by atoms with Gasteiger partial charge in [-0.1, -0.05) is 37.9 Å². The Balaban J connectivity index is 2.86. The van der Waals surface area contributed by atoms with Crippen LogP contribution >= 0.6 is 31.9 Å². The molecule has 0 unspecified atom stereocenters. The van der Waals surface area contributed by atoms with Gasteiger partial charge in [0.25, 0.3) is 5.91 Å².